The summed E-state index contributed by atoms with van der Waals surface area (Å²) in [6, 6.07) is 0. The number of ether oxygens (including phenoxy) is 9. The number of aliphatic hydroxyl groups excluding tert-OH is 9. The maximum absolute atomic E-state index is 12.5. The third-order valence-corrected chi connectivity index (χ3v) is 19.1. The van der Waals surface area contributed by atoms with Crippen LogP contribution in [0.2, 0.25) is 0 Å². The lowest BCUT2D eigenvalue weighted by atomic mass is 9.47. The highest BCUT2D eigenvalue weighted by Gasteiger charge is 2.69. The highest BCUT2D eigenvalue weighted by molar-refractivity contribution is 5.73. The van der Waals surface area contributed by atoms with Gasteiger partial charge in [-0.3, -0.25) is 9.59 Å². The molecule has 3 saturated carbocycles. The van der Waals surface area contributed by atoms with Gasteiger partial charge in [-0.25, -0.2) is 0 Å². The lowest BCUT2D eigenvalue weighted by Gasteiger charge is -2.59. The third kappa shape index (κ3) is 10.3. The van der Waals surface area contributed by atoms with E-state index in [0.717, 1.165) is 38.5 Å². The highest BCUT2D eigenvalue weighted by atomic mass is 16.8. The predicted molar refractivity (Wildman–Crippen MR) is 247 cm³/mol. The molecule has 0 radical (unpaired) electrons. The number of aliphatic carboxylic acids is 1. The monoisotopic (exact) mass is 1040 g/mol. The minimum atomic E-state index is -1.85. The van der Waals surface area contributed by atoms with Crippen molar-refractivity contribution in [1.82, 2.24) is 0 Å². The summed E-state index contributed by atoms with van der Waals surface area (Å²) in [7, 11) is 0. The van der Waals surface area contributed by atoms with Gasteiger partial charge in [0.05, 0.1) is 63.2 Å². The maximum Gasteiger partial charge on any atom is 0.308 e. The van der Waals surface area contributed by atoms with Crippen LogP contribution in [-0.4, -0.2) is 210 Å². The zero-order valence-corrected chi connectivity index (χ0v) is 42.4. The van der Waals surface area contributed by atoms with E-state index in [1.54, 1.807) is 0 Å². The molecule has 4 aliphatic carbocycles. The average molecular weight is 1050 g/mol. The molecule has 9 rings (SSSR count). The Hall–Kier alpha value is -2.04. The van der Waals surface area contributed by atoms with Crippen LogP contribution in [0.5, 0.6) is 0 Å². The molecule has 22 nitrogen and oxygen atoms in total. The second kappa shape index (κ2) is 21.3. The molecular formula is C51H80O22. The summed E-state index contributed by atoms with van der Waals surface area (Å²) >= 11 is 0. The Labute approximate surface area is 424 Å². The van der Waals surface area contributed by atoms with Gasteiger partial charge in [-0.2, -0.15) is 0 Å². The molecule has 27 atom stereocenters. The highest BCUT2D eigenvalue weighted by Crippen LogP contribution is 2.71. The molecular weight excluding hydrogens is 965 g/mol. The van der Waals surface area contributed by atoms with Gasteiger partial charge in [-0.05, 0) is 99.7 Å². The van der Waals surface area contributed by atoms with Gasteiger partial charge in [0.15, 0.2) is 24.7 Å². The number of carbonyl (C=O) groups is 2. The summed E-state index contributed by atoms with van der Waals surface area (Å²) in [6.07, 6.45) is -15.2. The molecule has 8 fully saturated rings. The molecule has 5 saturated heterocycles. The van der Waals surface area contributed by atoms with Gasteiger partial charge in [0.2, 0.25) is 0 Å². The van der Waals surface area contributed by atoms with Crippen molar-refractivity contribution in [2.45, 2.75) is 221 Å². The average Bonchev–Trinajstić information content (AvgIpc) is 3.79. The second-order valence-corrected chi connectivity index (χ2v) is 23.8. The molecule has 5 aliphatic heterocycles. The molecule has 0 aromatic carbocycles. The number of aliphatic hydroxyl groups is 10. The number of fused-ring (bicyclic) bond motifs is 7. The summed E-state index contributed by atoms with van der Waals surface area (Å²) in [4.78, 5) is 23.5. The van der Waals surface area contributed by atoms with E-state index < -0.39 is 148 Å². The number of carboxylic acid groups (broad SMARTS) is 1. The van der Waals surface area contributed by atoms with Gasteiger partial charge in [-0.15, -0.1) is 0 Å². The van der Waals surface area contributed by atoms with Crippen molar-refractivity contribution in [3.05, 3.63) is 11.6 Å². The van der Waals surface area contributed by atoms with Crippen LogP contribution in [0.25, 0.3) is 0 Å². The summed E-state index contributed by atoms with van der Waals surface area (Å²) in [5.41, 5.74) is -0.524. The molecule has 73 heavy (non-hydrogen) atoms. The molecule has 22 heteroatoms. The summed E-state index contributed by atoms with van der Waals surface area (Å²) in [5.74, 6) is -0.908. The molecule has 0 unspecified atom stereocenters. The van der Waals surface area contributed by atoms with Gasteiger partial charge in [0.1, 0.15) is 67.1 Å². The first kappa shape index (κ1) is 55.7. The Bertz CT molecular complexity index is 1980. The SMILES string of the molecule is C[C@@H]1O[C@@H](O[C@H]2[C@H](O[C@H]3CC[C@@]4(C)C(=CC[C@H]5[C@@H]6C[C@@H]7O[C@]8(CC[C@@H](COC(=O)C[C@@](C)(O)CC(=O)O)CO8)[C@@H](C)[C@@H]7[C@@]6(C)CC[C@@H]54)C3)O[C@H](CO)[C@@H](O[C@@H]3O[C@H](CO)[C@@H](O)[C@H](O)[C@H]3O)[C@@H]2O)[C@H](O)[C@H](O)[C@H]1O. The molecule has 5 heterocycles. The van der Waals surface area contributed by atoms with Gasteiger partial charge < -0.3 is 98.8 Å². The first-order valence-corrected chi connectivity index (χ1v) is 26.5. The number of rotatable bonds is 14. The van der Waals surface area contributed by atoms with Gasteiger partial charge >= 0.3 is 11.9 Å². The molecule has 0 aromatic rings. The van der Waals surface area contributed by atoms with Crippen LogP contribution < -0.4 is 0 Å². The van der Waals surface area contributed by atoms with Crippen LogP contribution in [0.4, 0.5) is 0 Å². The number of hydrogen-bond acceptors (Lipinski definition) is 21. The van der Waals surface area contributed by atoms with Crippen molar-refractivity contribution >= 4 is 11.9 Å². The van der Waals surface area contributed by atoms with Crippen molar-refractivity contribution < 1.29 is 108 Å². The molecule has 0 bridgehead atoms. The first-order chi connectivity index (χ1) is 34.4. The number of esters is 1. The molecule has 416 valence electrons. The van der Waals surface area contributed by atoms with E-state index >= 15 is 0 Å². The van der Waals surface area contributed by atoms with E-state index in [1.807, 2.05) is 0 Å². The molecule has 9 aliphatic rings. The Morgan fingerprint density at radius 1 is 0.753 bits per heavy atom. The normalized spacial score (nSPS) is 51.5. The van der Waals surface area contributed by atoms with Gasteiger partial charge in [0, 0.05) is 18.3 Å². The number of carbonyl (C=O) groups excluding carboxylic acids is 1. The lowest BCUT2D eigenvalue weighted by Crippen LogP contribution is -2.67. The fourth-order valence-electron chi connectivity index (χ4n) is 15.1. The Morgan fingerprint density at radius 2 is 1.42 bits per heavy atom. The van der Waals surface area contributed by atoms with E-state index in [9.17, 15) is 60.7 Å². The van der Waals surface area contributed by atoms with E-state index in [4.69, 9.17) is 47.7 Å². The summed E-state index contributed by atoms with van der Waals surface area (Å²) in [5, 5.41) is 115. The Kier molecular flexibility index (Phi) is 16.3. The van der Waals surface area contributed by atoms with Crippen molar-refractivity contribution in [2.24, 2.45) is 46.3 Å². The quantitative estimate of drug-likeness (QED) is 0.0761. The fourth-order valence-corrected chi connectivity index (χ4v) is 15.1. The zero-order chi connectivity index (χ0) is 52.7. The maximum atomic E-state index is 12.5. The van der Waals surface area contributed by atoms with Crippen LogP contribution >= 0.6 is 0 Å². The standard InChI is InChI=1S/C51H80O22/c1-22-35-30(73-51(22)13-8-24(21-66-51)20-65-34(56)17-48(3,64)16-33(54)55)15-29-27-7-6-25-14-26(9-11-49(25,4)28(27)10-12-50(29,35)5)68-47-44(72-45-40(61)38(59)36(57)23(2)67-45)42(63)43(32(19-53)70-47)71-46-41(62)39(60)37(58)31(18-52)69-46/h6,22-24,26-32,35-47,52-53,57-64H,7-21H2,1-5H3,(H,54,55)/t22-,23-,24-,26-,27+,28-,29-,30-,31+,32+,35-,36-,37+,38+,39-,40+,41+,42-,43+,44+,45-,46-,47+,48-,49-,50-,51+/m0/s1. The van der Waals surface area contributed by atoms with E-state index in [-0.39, 0.29) is 35.4 Å². The van der Waals surface area contributed by atoms with Crippen molar-refractivity contribution in [3.8, 4) is 0 Å². The molecule has 0 aromatic heterocycles. The zero-order valence-electron chi connectivity index (χ0n) is 42.4. The first-order valence-electron chi connectivity index (χ1n) is 26.5. The number of carboxylic acids is 1. The minimum absolute atomic E-state index is 0.0305. The molecule has 0 amide bonds. The van der Waals surface area contributed by atoms with Gasteiger partial charge in [0.25, 0.3) is 0 Å². The van der Waals surface area contributed by atoms with Crippen LogP contribution in [-0.2, 0) is 52.2 Å². The lowest BCUT2D eigenvalue weighted by molar-refractivity contribution is -0.389. The fraction of sp³-hybridized carbons (Fsp3) is 0.922. The Balaban J connectivity index is 0.851. The Morgan fingerprint density at radius 3 is 2.10 bits per heavy atom. The largest absolute Gasteiger partial charge is 0.481 e. The third-order valence-electron chi connectivity index (χ3n) is 19.1. The minimum Gasteiger partial charge on any atom is -0.481 e. The topological polar surface area (TPSA) is 340 Å². The summed E-state index contributed by atoms with van der Waals surface area (Å²) < 4.78 is 55.5. The smallest absolute Gasteiger partial charge is 0.308 e. The van der Waals surface area contributed by atoms with Crippen LogP contribution in [0, 0.1) is 46.3 Å². The predicted octanol–water partition coefficient (Wildman–Crippen LogP) is -0.647. The van der Waals surface area contributed by atoms with Crippen molar-refractivity contribution in [3.63, 3.8) is 0 Å². The van der Waals surface area contributed by atoms with E-state index in [0.29, 0.717) is 49.5 Å². The second-order valence-electron chi connectivity index (χ2n) is 23.8. The van der Waals surface area contributed by atoms with E-state index in [1.165, 1.54) is 19.4 Å². The number of allylic oxidation sites excluding steroid dienone is 1. The van der Waals surface area contributed by atoms with Crippen LogP contribution in [0.3, 0.4) is 0 Å². The van der Waals surface area contributed by atoms with Crippen LogP contribution in [0.1, 0.15) is 105 Å². The number of hydrogen-bond donors (Lipinski definition) is 11. The van der Waals surface area contributed by atoms with Crippen molar-refractivity contribution in [2.75, 3.05) is 26.4 Å². The van der Waals surface area contributed by atoms with Gasteiger partial charge in [-0.1, -0.05) is 32.4 Å². The molecule has 11 N–H and O–H groups in total. The van der Waals surface area contributed by atoms with Crippen LogP contribution in [0.15, 0.2) is 11.6 Å². The van der Waals surface area contributed by atoms with E-state index in [2.05, 4.69) is 26.8 Å². The summed E-state index contributed by atoms with van der Waals surface area (Å²) in [6.45, 7) is 8.86. The van der Waals surface area contributed by atoms with Crippen molar-refractivity contribution in [1.29, 1.82) is 0 Å². The molecule has 1 spiro atoms.